The van der Waals surface area contributed by atoms with E-state index in [4.69, 9.17) is 44.6 Å². The number of benzene rings is 2. The molecule has 0 unspecified atom stereocenters. The second-order valence-corrected chi connectivity index (χ2v) is 9.12. The summed E-state index contributed by atoms with van der Waals surface area (Å²) >= 11 is 21.1. The predicted molar refractivity (Wildman–Crippen MR) is 123 cm³/mol. The third kappa shape index (κ3) is 5.08. The number of thiazole rings is 1. The summed E-state index contributed by atoms with van der Waals surface area (Å²) in [4.78, 5) is 11.1. The maximum absolute atomic E-state index is 6.03. The normalized spacial score (nSPS) is 11.6. The van der Waals surface area contributed by atoms with E-state index in [2.05, 4.69) is 5.16 Å². The van der Waals surface area contributed by atoms with Crippen molar-refractivity contribution in [3.8, 4) is 0 Å². The Morgan fingerprint density at radius 3 is 2.66 bits per heavy atom. The Bertz CT molecular complexity index is 1160. The van der Waals surface area contributed by atoms with E-state index in [-0.39, 0.29) is 0 Å². The number of oxime groups is 1. The van der Waals surface area contributed by atoms with Crippen molar-refractivity contribution in [2.24, 2.45) is 5.16 Å². The Labute approximate surface area is 191 Å². The molecule has 29 heavy (non-hydrogen) atoms. The molecule has 9 heteroatoms. The van der Waals surface area contributed by atoms with Gasteiger partial charge in [0, 0.05) is 22.4 Å². The highest BCUT2D eigenvalue weighted by atomic mass is 35.5. The van der Waals surface area contributed by atoms with E-state index in [0.717, 1.165) is 32.0 Å². The van der Waals surface area contributed by atoms with Crippen molar-refractivity contribution in [2.45, 2.75) is 17.4 Å². The van der Waals surface area contributed by atoms with Crippen molar-refractivity contribution >= 4 is 69.1 Å². The molecule has 0 bridgehead atoms. The number of nitrogens with zero attached hydrogens (tertiary/aromatic N) is 3. The fourth-order valence-corrected chi connectivity index (χ4v) is 4.74. The summed E-state index contributed by atoms with van der Waals surface area (Å²) in [5.41, 5.74) is 2.95. The highest BCUT2D eigenvalue weighted by molar-refractivity contribution is 7.98. The molecule has 0 aliphatic carbocycles. The molecule has 0 aliphatic heterocycles. The first-order valence-corrected chi connectivity index (χ1v) is 11.5. The molecule has 0 spiro atoms. The zero-order chi connectivity index (χ0) is 20.2. The molecule has 0 saturated heterocycles. The van der Waals surface area contributed by atoms with Crippen LogP contribution >= 0.6 is 57.9 Å². The Morgan fingerprint density at radius 1 is 1.07 bits per heavy atom. The molecule has 2 aromatic carbocycles. The van der Waals surface area contributed by atoms with Gasteiger partial charge in [0.05, 0.1) is 16.3 Å². The van der Waals surface area contributed by atoms with Gasteiger partial charge in [-0.2, -0.15) is 0 Å². The van der Waals surface area contributed by atoms with Crippen molar-refractivity contribution in [3.05, 3.63) is 85.9 Å². The standard InChI is InChI=1S/C20H14Cl3N3OS2/c21-15-4-1-13(2-5-15)12-29-19-18(26-7-8-28-20(26)25-19)10-24-27-11-14-3-6-16(22)17(23)9-14/h1-10H,11-12H2. The van der Waals surface area contributed by atoms with Crippen molar-refractivity contribution < 1.29 is 4.84 Å². The minimum Gasteiger partial charge on any atom is -0.391 e. The molecule has 0 aliphatic rings. The van der Waals surface area contributed by atoms with Crippen LogP contribution in [0, 0.1) is 0 Å². The number of imidazole rings is 1. The Kier molecular flexibility index (Phi) is 6.67. The quantitative estimate of drug-likeness (QED) is 0.159. The molecule has 0 fully saturated rings. The number of aromatic nitrogens is 2. The molecular formula is C20H14Cl3N3OS2. The highest BCUT2D eigenvalue weighted by Crippen LogP contribution is 2.28. The van der Waals surface area contributed by atoms with Gasteiger partial charge in [-0.25, -0.2) is 4.98 Å². The lowest BCUT2D eigenvalue weighted by molar-refractivity contribution is 0.132. The molecule has 2 aromatic heterocycles. The van der Waals surface area contributed by atoms with Crippen LogP contribution in [0.25, 0.3) is 4.96 Å². The van der Waals surface area contributed by atoms with Crippen LogP contribution in [0.4, 0.5) is 0 Å². The van der Waals surface area contributed by atoms with Crippen LogP contribution in [0.5, 0.6) is 0 Å². The van der Waals surface area contributed by atoms with Crippen LogP contribution in [-0.4, -0.2) is 15.6 Å². The number of thioether (sulfide) groups is 1. The van der Waals surface area contributed by atoms with Gasteiger partial charge in [-0.3, -0.25) is 4.40 Å². The van der Waals surface area contributed by atoms with Gasteiger partial charge >= 0.3 is 0 Å². The van der Waals surface area contributed by atoms with Gasteiger partial charge in [-0.1, -0.05) is 69.9 Å². The number of hydrogen-bond donors (Lipinski definition) is 0. The zero-order valence-electron chi connectivity index (χ0n) is 14.9. The Morgan fingerprint density at radius 2 is 1.86 bits per heavy atom. The summed E-state index contributed by atoms with van der Waals surface area (Å²) in [7, 11) is 0. The molecule has 4 nitrogen and oxygen atoms in total. The highest BCUT2D eigenvalue weighted by Gasteiger charge is 2.12. The van der Waals surface area contributed by atoms with Gasteiger partial charge in [0.1, 0.15) is 17.3 Å². The van der Waals surface area contributed by atoms with Crippen LogP contribution in [-0.2, 0) is 17.2 Å². The summed E-state index contributed by atoms with van der Waals surface area (Å²) in [5, 5.41) is 8.75. The minimum absolute atomic E-state index is 0.298. The van der Waals surface area contributed by atoms with Gasteiger partial charge < -0.3 is 4.84 Å². The van der Waals surface area contributed by atoms with E-state index in [0.29, 0.717) is 16.7 Å². The lowest BCUT2D eigenvalue weighted by atomic mass is 10.2. The fourth-order valence-electron chi connectivity index (χ4n) is 2.57. The number of hydrogen-bond acceptors (Lipinski definition) is 5. The number of fused-ring (bicyclic) bond motifs is 1. The van der Waals surface area contributed by atoms with Crippen LogP contribution in [0.2, 0.25) is 15.1 Å². The van der Waals surface area contributed by atoms with E-state index in [1.165, 1.54) is 5.56 Å². The maximum Gasteiger partial charge on any atom is 0.195 e. The second-order valence-electron chi connectivity index (χ2n) is 6.03. The van der Waals surface area contributed by atoms with E-state index in [1.807, 2.05) is 46.3 Å². The van der Waals surface area contributed by atoms with E-state index >= 15 is 0 Å². The van der Waals surface area contributed by atoms with Gasteiger partial charge in [-0.05, 0) is 35.4 Å². The number of halogens is 3. The third-order valence-corrected chi connectivity index (χ3v) is 6.82. The molecule has 0 amide bonds. The summed E-state index contributed by atoms with van der Waals surface area (Å²) < 4.78 is 2.00. The molecule has 148 valence electrons. The topological polar surface area (TPSA) is 38.9 Å². The Balaban J connectivity index is 1.46. The molecule has 4 aromatic rings. The minimum atomic E-state index is 0.298. The molecule has 0 atom stereocenters. The Hall–Kier alpha value is -1.70. The summed E-state index contributed by atoms with van der Waals surface area (Å²) in [6.07, 6.45) is 3.66. The van der Waals surface area contributed by atoms with Gasteiger partial charge in [0.2, 0.25) is 0 Å². The predicted octanol–water partition coefficient (Wildman–Crippen LogP) is 7.20. The first-order chi connectivity index (χ1) is 14.1. The molecule has 2 heterocycles. The third-order valence-electron chi connectivity index (χ3n) is 4.02. The molecular weight excluding hydrogens is 469 g/mol. The van der Waals surface area contributed by atoms with Crippen LogP contribution in [0.1, 0.15) is 16.8 Å². The van der Waals surface area contributed by atoms with Gasteiger partial charge in [0.25, 0.3) is 0 Å². The summed E-state index contributed by atoms with van der Waals surface area (Å²) in [6, 6.07) is 13.2. The summed E-state index contributed by atoms with van der Waals surface area (Å²) in [6.45, 7) is 0.298. The fraction of sp³-hybridized carbons (Fsp3) is 0.100. The molecule has 0 N–H and O–H groups in total. The van der Waals surface area contributed by atoms with Crippen LogP contribution in [0.15, 0.2) is 64.2 Å². The first kappa shape index (κ1) is 20.6. The van der Waals surface area contributed by atoms with E-state index < -0.39 is 0 Å². The van der Waals surface area contributed by atoms with Crippen LogP contribution < -0.4 is 0 Å². The largest absolute Gasteiger partial charge is 0.391 e. The average Bonchev–Trinajstić information content (AvgIpc) is 3.29. The van der Waals surface area contributed by atoms with Crippen molar-refractivity contribution in [1.82, 2.24) is 9.38 Å². The SMILES string of the molecule is Clc1ccc(CSc2nc3sccn3c2C=NOCc2ccc(Cl)c(Cl)c2)cc1. The monoisotopic (exact) mass is 481 g/mol. The lowest BCUT2D eigenvalue weighted by Gasteiger charge is -2.03. The van der Waals surface area contributed by atoms with Crippen molar-refractivity contribution in [2.75, 3.05) is 0 Å². The van der Waals surface area contributed by atoms with E-state index in [1.54, 1.807) is 41.4 Å². The molecule has 4 rings (SSSR count). The van der Waals surface area contributed by atoms with Crippen LogP contribution in [0.3, 0.4) is 0 Å². The lowest BCUT2D eigenvalue weighted by Crippen LogP contribution is -1.93. The average molecular weight is 483 g/mol. The zero-order valence-corrected chi connectivity index (χ0v) is 18.8. The van der Waals surface area contributed by atoms with Gasteiger partial charge in [-0.15, -0.1) is 11.3 Å². The van der Waals surface area contributed by atoms with E-state index in [9.17, 15) is 0 Å². The molecule has 0 saturated carbocycles. The maximum atomic E-state index is 6.03. The van der Waals surface area contributed by atoms with Crippen molar-refractivity contribution in [3.63, 3.8) is 0 Å². The van der Waals surface area contributed by atoms with Crippen molar-refractivity contribution in [1.29, 1.82) is 0 Å². The summed E-state index contributed by atoms with van der Waals surface area (Å²) in [5.74, 6) is 0.785. The smallest absolute Gasteiger partial charge is 0.195 e. The number of rotatable bonds is 7. The second kappa shape index (κ2) is 9.41. The first-order valence-electron chi connectivity index (χ1n) is 8.52. The molecule has 0 radical (unpaired) electrons. The van der Waals surface area contributed by atoms with Gasteiger partial charge in [0.15, 0.2) is 4.96 Å².